The topological polar surface area (TPSA) is 35.5 Å². The van der Waals surface area contributed by atoms with Gasteiger partial charge in [-0.1, -0.05) is 129 Å². The lowest BCUT2D eigenvalue weighted by molar-refractivity contribution is 0.354. The summed E-state index contributed by atoms with van der Waals surface area (Å²) in [6, 6.07) is 0. The first-order valence-corrected chi connectivity index (χ1v) is 15.2. The molecule has 0 spiro atoms. The Morgan fingerprint density at radius 3 is 1.06 bits per heavy atom. The van der Waals surface area contributed by atoms with Crippen LogP contribution in [0.25, 0.3) is 0 Å². The van der Waals surface area contributed by atoms with Crippen molar-refractivity contribution in [2.75, 3.05) is 0 Å². The summed E-state index contributed by atoms with van der Waals surface area (Å²) in [4.78, 5) is 0. The van der Waals surface area contributed by atoms with Crippen molar-refractivity contribution in [2.24, 2.45) is 0 Å². The standard InChI is InChI=1S/C28H55O3P/c1-3-5-7-9-11-13-15-17-19-21-23-25-27-30-32(29)31-28-26-24-22-20-18-16-14-12-10-8-6-4-2/h25-28,32H,3-24H2,1-2H3/b27-25+,28-26+. The summed E-state index contributed by atoms with van der Waals surface area (Å²) < 4.78 is 22.0. The molecule has 0 saturated heterocycles. The van der Waals surface area contributed by atoms with Crippen LogP contribution in [0, 0.1) is 0 Å². The second-order valence-corrected chi connectivity index (χ2v) is 10.1. The van der Waals surface area contributed by atoms with Gasteiger partial charge >= 0.3 is 8.25 Å². The third-order valence-electron chi connectivity index (χ3n) is 5.97. The fraction of sp³-hybridized carbons (Fsp3) is 0.857. The SMILES string of the molecule is CCCCCCCCCCCC/C=C/O[PH](=O)O/C=C/CCCCCCCCCCCC. The highest BCUT2D eigenvalue weighted by Gasteiger charge is 1.95. The number of allylic oxidation sites excluding steroid dienone is 2. The average Bonchev–Trinajstić information content (AvgIpc) is 2.80. The minimum absolute atomic E-state index is 0.986. The van der Waals surface area contributed by atoms with Crippen LogP contribution >= 0.6 is 8.25 Å². The fourth-order valence-electron chi connectivity index (χ4n) is 3.87. The summed E-state index contributed by atoms with van der Waals surface area (Å²) in [5, 5.41) is 0. The van der Waals surface area contributed by atoms with E-state index in [2.05, 4.69) is 13.8 Å². The normalized spacial score (nSPS) is 11.8. The van der Waals surface area contributed by atoms with E-state index in [1.54, 1.807) is 12.5 Å². The summed E-state index contributed by atoms with van der Waals surface area (Å²) in [6.45, 7) is 4.53. The van der Waals surface area contributed by atoms with Crippen molar-refractivity contribution in [1.82, 2.24) is 0 Å². The minimum atomic E-state index is -2.44. The lowest BCUT2D eigenvalue weighted by Gasteiger charge is -2.02. The van der Waals surface area contributed by atoms with Crippen LogP contribution in [0.3, 0.4) is 0 Å². The molecular weight excluding hydrogens is 415 g/mol. The van der Waals surface area contributed by atoms with Crippen molar-refractivity contribution in [2.45, 2.75) is 155 Å². The van der Waals surface area contributed by atoms with Gasteiger partial charge in [-0.2, -0.15) is 0 Å². The molecule has 0 fully saturated rings. The van der Waals surface area contributed by atoms with E-state index in [0.717, 1.165) is 12.8 Å². The number of rotatable bonds is 26. The zero-order chi connectivity index (χ0) is 23.4. The smallest absolute Gasteiger partial charge is 0.417 e. The first-order chi connectivity index (χ1) is 15.8. The van der Waals surface area contributed by atoms with Crippen molar-refractivity contribution in [3.63, 3.8) is 0 Å². The highest BCUT2D eigenvalue weighted by molar-refractivity contribution is 7.33. The first kappa shape index (κ1) is 31.3. The zero-order valence-corrected chi connectivity index (χ0v) is 22.6. The molecule has 0 aliphatic heterocycles. The molecule has 0 aromatic heterocycles. The van der Waals surface area contributed by atoms with Crippen LogP contribution in [0.2, 0.25) is 0 Å². The van der Waals surface area contributed by atoms with Crippen molar-refractivity contribution < 1.29 is 13.6 Å². The maximum Gasteiger partial charge on any atom is 0.417 e. The highest BCUT2D eigenvalue weighted by Crippen LogP contribution is 2.24. The first-order valence-electron chi connectivity index (χ1n) is 14.0. The third kappa shape index (κ3) is 27.3. The summed E-state index contributed by atoms with van der Waals surface area (Å²) in [7, 11) is -2.44. The van der Waals surface area contributed by atoms with Gasteiger partial charge in [0.05, 0.1) is 12.5 Å². The average molecular weight is 471 g/mol. The van der Waals surface area contributed by atoms with Crippen LogP contribution in [0.1, 0.15) is 155 Å². The van der Waals surface area contributed by atoms with Crippen LogP contribution in [-0.2, 0) is 13.6 Å². The van der Waals surface area contributed by atoms with E-state index >= 15 is 0 Å². The van der Waals surface area contributed by atoms with Gasteiger partial charge in [0.25, 0.3) is 0 Å². The van der Waals surface area contributed by atoms with Crippen LogP contribution in [0.15, 0.2) is 24.7 Å². The van der Waals surface area contributed by atoms with E-state index < -0.39 is 8.25 Å². The van der Waals surface area contributed by atoms with Crippen LogP contribution in [0.5, 0.6) is 0 Å². The van der Waals surface area contributed by atoms with Gasteiger partial charge in [-0.25, -0.2) is 4.57 Å². The van der Waals surface area contributed by atoms with Gasteiger partial charge in [0, 0.05) is 0 Å². The molecule has 0 aromatic carbocycles. The molecule has 0 aliphatic carbocycles. The Hall–Kier alpha value is -0.690. The third-order valence-corrected chi connectivity index (χ3v) is 6.63. The Labute approximate surface area is 201 Å². The molecular formula is C28H55O3P. The molecule has 0 radical (unpaired) electrons. The maximum atomic E-state index is 11.7. The zero-order valence-electron chi connectivity index (χ0n) is 21.6. The Morgan fingerprint density at radius 1 is 0.469 bits per heavy atom. The highest BCUT2D eigenvalue weighted by atomic mass is 31.1. The van der Waals surface area contributed by atoms with Crippen LogP contribution in [0.4, 0.5) is 0 Å². The van der Waals surface area contributed by atoms with Gasteiger partial charge in [-0.3, -0.25) is 0 Å². The van der Waals surface area contributed by atoms with E-state index in [1.807, 2.05) is 12.2 Å². The van der Waals surface area contributed by atoms with Gasteiger partial charge in [0.2, 0.25) is 0 Å². The van der Waals surface area contributed by atoms with Crippen LogP contribution < -0.4 is 0 Å². The van der Waals surface area contributed by atoms with Crippen molar-refractivity contribution in [3.8, 4) is 0 Å². The second-order valence-electron chi connectivity index (χ2n) is 9.17. The molecule has 0 N–H and O–H groups in total. The molecule has 0 atom stereocenters. The molecule has 0 amide bonds. The summed E-state index contributed by atoms with van der Waals surface area (Å²) in [5.74, 6) is 0. The number of hydrogen-bond acceptors (Lipinski definition) is 3. The second kappa shape index (κ2) is 28.3. The van der Waals surface area contributed by atoms with E-state index in [-0.39, 0.29) is 0 Å². The molecule has 0 bridgehead atoms. The molecule has 0 rings (SSSR count). The summed E-state index contributed by atoms with van der Waals surface area (Å²) >= 11 is 0. The Bertz CT molecular complexity index is 396. The van der Waals surface area contributed by atoms with Gasteiger partial charge < -0.3 is 9.05 Å². The van der Waals surface area contributed by atoms with Gasteiger partial charge in [-0.05, 0) is 37.8 Å². The quantitative estimate of drug-likeness (QED) is 0.0716. The fourth-order valence-corrected chi connectivity index (χ4v) is 4.34. The van der Waals surface area contributed by atoms with Crippen molar-refractivity contribution in [3.05, 3.63) is 24.7 Å². The molecule has 0 saturated carbocycles. The number of unbranched alkanes of at least 4 members (excludes halogenated alkanes) is 20. The Morgan fingerprint density at radius 2 is 0.750 bits per heavy atom. The molecule has 32 heavy (non-hydrogen) atoms. The molecule has 4 heteroatoms. The lowest BCUT2D eigenvalue weighted by atomic mass is 10.1. The predicted octanol–water partition coefficient (Wildman–Crippen LogP) is 11.1. The molecule has 0 unspecified atom stereocenters. The summed E-state index contributed by atoms with van der Waals surface area (Å²) in [5.41, 5.74) is 0. The molecule has 3 nitrogen and oxygen atoms in total. The van der Waals surface area contributed by atoms with Crippen molar-refractivity contribution in [1.29, 1.82) is 0 Å². The molecule has 190 valence electrons. The van der Waals surface area contributed by atoms with Gasteiger partial charge in [0.1, 0.15) is 0 Å². The van der Waals surface area contributed by atoms with Crippen molar-refractivity contribution >= 4 is 8.25 Å². The minimum Gasteiger partial charge on any atom is -0.426 e. The lowest BCUT2D eigenvalue weighted by Crippen LogP contribution is -1.81. The van der Waals surface area contributed by atoms with E-state index in [4.69, 9.17) is 9.05 Å². The van der Waals surface area contributed by atoms with Crippen LogP contribution in [-0.4, -0.2) is 0 Å². The van der Waals surface area contributed by atoms with E-state index in [1.165, 1.54) is 128 Å². The summed E-state index contributed by atoms with van der Waals surface area (Å²) in [6.07, 6.45) is 35.9. The Balaban J connectivity index is 3.31. The van der Waals surface area contributed by atoms with E-state index in [9.17, 15) is 4.57 Å². The molecule has 0 heterocycles. The molecule has 0 aromatic rings. The Kier molecular flexibility index (Phi) is 27.7. The molecule has 0 aliphatic rings. The van der Waals surface area contributed by atoms with E-state index in [0.29, 0.717) is 0 Å². The maximum absolute atomic E-state index is 11.7. The largest absolute Gasteiger partial charge is 0.426 e. The number of hydrogen-bond donors (Lipinski definition) is 0. The monoisotopic (exact) mass is 470 g/mol. The van der Waals surface area contributed by atoms with Gasteiger partial charge in [0.15, 0.2) is 0 Å². The predicted molar refractivity (Wildman–Crippen MR) is 142 cm³/mol. The van der Waals surface area contributed by atoms with Gasteiger partial charge in [-0.15, -0.1) is 0 Å².